The molecule has 1 aromatic rings. The highest BCUT2D eigenvalue weighted by molar-refractivity contribution is 5.89. The first-order chi connectivity index (χ1) is 9.92. The van der Waals surface area contributed by atoms with E-state index in [1.54, 1.807) is 36.3 Å². The second-order valence-corrected chi connectivity index (χ2v) is 5.27. The molecule has 0 fully saturated rings. The van der Waals surface area contributed by atoms with Gasteiger partial charge in [-0.3, -0.25) is 5.41 Å². The Balaban J connectivity index is 2.67. The minimum absolute atomic E-state index is 0.0843. The number of ether oxygens (including phenoxy) is 1. The first-order valence-corrected chi connectivity index (χ1v) is 6.95. The molecule has 0 spiro atoms. The van der Waals surface area contributed by atoms with Crippen molar-refractivity contribution < 1.29 is 9.53 Å². The predicted molar refractivity (Wildman–Crippen MR) is 85.0 cm³/mol. The number of amidine groups is 1. The SMILES string of the molecule is COc1ccc(NC(=O)N(CCC(=N)N)CC(C)C)cc1. The number of amides is 2. The quantitative estimate of drug-likeness (QED) is 0.532. The van der Waals surface area contributed by atoms with E-state index < -0.39 is 0 Å². The summed E-state index contributed by atoms with van der Waals surface area (Å²) in [4.78, 5) is 14.0. The van der Waals surface area contributed by atoms with Crippen molar-refractivity contribution in [3.63, 3.8) is 0 Å². The van der Waals surface area contributed by atoms with Crippen LogP contribution in [0.5, 0.6) is 5.75 Å². The van der Waals surface area contributed by atoms with Gasteiger partial charge >= 0.3 is 6.03 Å². The molecule has 4 N–H and O–H groups in total. The van der Waals surface area contributed by atoms with Crippen LogP contribution in [0.4, 0.5) is 10.5 Å². The summed E-state index contributed by atoms with van der Waals surface area (Å²) < 4.78 is 5.08. The monoisotopic (exact) mass is 292 g/mol. The lowest BCUT2D eigenvalue weighted by Gasteiger charge is -2.24. The second-order valence-electron chi connectivity index (χ2n) is 5.27. The fourth-order valence-electron chi connectivity index (χ4n) is 1.85. The van der Waals surface area contributed by atoms with Gasteiger partial charge in [0.15, 0.2) is 0 Å². The molecule has 2 amide bonds. The van der Waals surface area contributed by atoms with E-state index in [1.807, 2.05) is 13.8 Å². The van der Waals surface area contributed by atoms with Gasteiger partial charge in [-0.25, -0.2) is 4.79 Å². The zero-order chi connectivity index (χ0) is 15.8. The number of nitrogens with two attached hydrogens (primary N) is 1. The highest BCUT2D eigenvalue weighted by atomic mass is 16.5. The van der Waals surface area contributed by atoms with Crippen molar-refractivity contribution in [3.05, 3.63) is 24.3 Å². The van der Waals surface area contributed by atoms with E-state index in [-0.39, 0.29) is 11.9 Å². The van der Waals surface area contributed by atoms with Crippen molar-refractivity contribution in [1.29, 1.82) is 5.41 Å². The van der Waals surface area contributed by atoms with E-state index >= 15 is 0 Å². The van der Waals surface area contributed by atoms with Crippen molar-refractivity contribution in [3.8, 4) is 5.75 Å². The highest BCUT2D eigenvalue weighted by Crippen LogP contribution is 2.15. The van der Waals surface area contributed by atoms with Crippen LogP contribution in [0.15, 0.2) is 24.3 Å². The lowest BCUT2D eigenvalue weighted by molar-refractivity contribution is 0.206. The number of methoxy groups -OCH3 is 1. The van der Waals surface area contributed by atoms with Crippen LogP contribution in [0.1, 0.15) is 20.3 Å². The standard InChI is InChI=1S/C15H24N4O2/c1-11(2)10-19(9-8-14(16)17)15(20)18-12-4-6-13(21-3)7-5-12/h4-7,11H,8-10H2,1-3H3,(H3,16,17)(H,18,20). The Morgan fingerprint density at radius 1 is 1.38 bits per heavy atom. The molecule has 0 heterocycles. The molecule has 0 aliphatic heterocycles. The molecule has 21 heavy (non-hydrogen) atoms. The molecule has 6 heteroatoms. The van der Waals surface area contributed by atoms with Gasteiger partial charge in [0.2, 0.25) is 0 Å². The number of hydrogen-bond donors (Lipinski definition) is 3. The van der Waals surface area contributed by atoms with Crippen molar-refractivity contribution in [2.75, 3.05) is 25.5 Å². The Hall–Kier alpha value is -2.24. The molecular formula is C15H24N4O2. The zero-order valence-corrected chi connectivity index (χ0v) is 12.8. The molecule has 0 aromatic heterocycles. The van der Waals surface area contributed by atoms with Gasteiger partial charge in [-0.15, -0.1) is 0 Å². The van der Waals surface area contributed by atoms with Gasteiger partial charge in [-0.05, 0) is 30.2 Å². The van der Waals surface area contributed by atoms with Crippen LogP contribution >= 0.6 is 0 Å². The van der Waals surface area contributed by atoms with E-state index in [9.17, 15) is 4.79 Å². The number of rotatable bonds is 7. The Morgan fingerprint density at radius 3 is 2.48 bits per heavy atom. The summed E-state index contributed by atoms with van der Waals surface area (Å²) in [6, 6.07) is 6.97. The van der Waals surface area contributed by atoms with Crippen LogP contribution in [-0.4, -0.2) is 37.0 Å². The maximum Gasteiger partial charge on any atom is 0.321 e. The van der Waals surface area contributed by atoms with Crippen LogP contribution in [0, 0.1) is 11.3 Å². The molecule has 0 unspecified atom stereocenters. The average molecular weight is 292 g/mol. The Bertz CT molecular complexity index is 471. The molecule has 0 aliphatic rings. The first kappa shape index (κ1) is 16.8. The number of hydrogen-bond acceptors (Lipinski definition) is 3. The number of nitrogens with one attached hydrogen (secondary N) is 2. The van der Waals surface area contributed by atoms with E-state index in [1.165, 1.54) is 0 Å². The maximum absolute atomic E-state index is 12.3. The third kappa shape index (κ3) is 6.16. The summed E-state index contributed by atoms with van der Waals surface area (Å²) in [5, 5.41) is 10.1. The van der Waals surface area contributed by atoms with Crippen molar-refractivity contribution in [2.24, 2.45) is 11.7 Å². The van der Waals surface area contributed by atoms with Crippen LogP contribution in [0.2, 0.25) is 0 Å². The minimum atomic E-state index is -0.185. The summed E-state index contributed by atoms with van der Waals surface area (Å²) in [6.45, 7) is 5.15. The van der Waals surface area contributed by atoms with Crippen LogP contribution in [0.3, 0.4) is 0 Å². The number of benzene rings is 1. The van der Waals surface area contributed by atoms with E-state index in [0.717, 1.165) is 5.75 Å². The second kappa shape index (κ2) is 8.14. The number of carbonyl (C=O) groups is 1. The molecular weight excluding hydrogens is 268 g/mol. The van der Waals surface area contributed by atoms with Gasteiger partial charge in [0.1, 0.15) is 5.75 Å². The lowest BCUT2D eigenvalue weighted by atomic mass is 10.2. The third-order valence-electron chi connectivity index (χ3n) is 2.87. The number of nitrogens with zero attached hydrogens (tertiary/aromatic N) is 1. The van der Waals surface area contributed by atoms with Gasteiger partial charge in [0, 0.05) is 25.2 Å². The van der Waals surface area contributed by atoms with E-state index in [4.69, 9.17) is 15.9 Å². The molecule has 0 saturated heterocycles. The molecule has 1 aromatic carbocycles. The molecule has 6 nitrogen and oxygen atoms in total. The molecule has 116 valence electrons. The number of anilines is 1. The number of carbonyl (C=O) groups excluding carboxylic acids is 1. The van der Waals surface area contributed by atoms with Gasteiger partial charge < -0.3 is 20.7 Å². The predicted octanol–water partition coefficient (Wildman–Crippen LogP) is 2.51. The third-order valence-corrected chi connectivity index (χ3v) is 2.87. The molecule has 0 bridgehead atoms. The van der Waals surface area contributed by atoms with Crippen LogP contribution in [0.25, 0.3) is 0 Å². The minimum Gasteiger partial charge on any atom is -0.497 e. The lowest BCUT2D eigenvalue weighted by Crippen LogP contribution is -2.39. The Labute approximate surface area is 125 Å². The molecule has 1 rings (SSSR count). The number of urea groups is 1. The summed E-state index contributed by atoms with van der Waals surface area (Å²) in [7, 11) is 1.60. The first-order valence-electron chi connectivity index (χ1n) is 6.95. The fourth-order valence-corrected chi connectivity index (χ4v) is 1.85. The van der Waals surface area contributed by atoms with Crippen LogP contribution in [-0.2, 0) is 0 Å². The van der Waals surface area contributed by atoms with Gasteiger partial charge in [0.25, 0.3) is 0 Å². The molecule has 0 aliphatic carbocycles. The zero-order valence-electron chi connectivity index (χ0n) is 12.8. The Morgan fingerprint density at radius 2 is 2.00 bits per heavy atom. The maximum atomic E-state index is 12.3. The molecule has 0 radical (unpaired) electrons. The van der Waals surface area contributed by atoms with E-state index in [2.05, 4.69) is 5.32 Å². The smallest absolute Gasteiger partial charge is 0.321 e. The average Bonchev–Trinajstić information content (AvgIpc) is 2.43. The van der Waals surface area contributed by atoms with Crippen LogP contribution < -0.4 is 15.8 Å². The topological polar surface area (TPSA) is 91.4 Å². The van der Waals surface area contributed by atoms with Crippen molar-refractivity contribution in [2.45, 2.75) is 20.3 Å². The van der Waals surface area contributed by atoms with E-state index in [0.29, 0.717) is 31.1 Å². The van der Waals surface area contributed by atoms with Gasteiger partial charge in [0.05, 0.1) is 12.9 Å². The normalized spacial score (nSPS) is 10.3. The fraction of sp³-hybridized carbons (Fsp3) is 0.467. The summed E-state index contributed by atoms with van der Waals surface area (Å²) in [5.74, 6) is 1.17. The van der Waals surface area contributed by atoms with Gasteiger partial charge in [-0.2, -0.15) is 0 Å². The van der Waals surface area contributed by atoms with Crippen molar-refractivity contribution >= 4 is 17.6 Å². The Kier molecular flexibility index (Phi) is 6.52. The molecule has 0 atom stereocenters. The summed E-state index contributed by atoms with van der Waals surface area (Å²) in [6.07, 6.45) is 0.378. The summed E-state index contributed by atoms with van der Waals surface area (Å²) in [5.41, 5.74) is 6.07. The van der Waals surface area contributed by atoms with Crippen molar-refractivity contribution in [1.82, 2.24) is 4.90 Å². The highest BCUT2D eigenvalue weighted by Gasteiger charge is 2.15. The van der Waals surface area contributed by atoms with Gasteiger partial charge in [-0.1, -0.05) is 13.8 Å². The summed E-state index contributed by atoms with van der Waals surface area (Å²) >= 11 is 0. The largest absolute Gasteiger partial charge is 0.497 e. The molecule has 0 saturated carbocycles.